The largest absolute Gasteiger partial charge is 0.360 e. The highest BCUT2D eigenvalue weighted by Crippen LogP contribution is 2.37. The van der Waals surface area contributed by atoms with Gasteiger partial charge in [-0.15, -0.1) is 0 Å². The monoisotopic (exact) mass is 329 g/mol. The van der Waals surface area contributed by atoms with E-state index < -0.39 is 36.1 Å². The molecule has 0 N–H and O–H groups in total. The highest BCUT2D eigenvalue weighted by molar-refractivity contribution is 6.04. The van der Waals surface area contributed by atoms with Crippen molar-refractivity contribution in [1.29, 1.82) is 0 Å². The molecule has 4 atom stereocenters. The van der Waals surface area contributed by atoms with Gasteiger partial charge in [0.05, 0.1) is 0 Å². The highest BCUT2D eigenvalue weighted by Gasteiger charge is 2.54. The van der Waals surface area contributed by atoms with Gasteiger partial charge >= 0.3 is 0 Å². The fourth-order valence-electron chi connectivity index (χ4n) is 2.55. The molecule has 6 nitrogen and oxygen atoms in total. The molecule has 2 aliphatic heterocycles. The van der Waals surface area contributed by atoms with E-state index in [0.717, 1.165) is 12.1 Å². The molecule has 1 fully saturated rings. The lowest BCUT2D eigenvalue weighted by Gasteiger charge is -2.29. The zero-order chi connectivity index (χ0) is 16.6. The van der Waals surface area contributed by atoms with Crippen molar-refractivity contribution in [1.82, 2.24) is 0 Å². The molecule has 3 rings (SSSR count). The third kappa shape index (κ3) is 2.94. The smallest absolute Gasteiger partial charge is 0.280 e. The molecule has 0 spiro atoms. The average Bonchev–Trinajstić information content (AvgIpc) is 2.87. The maximum absolute atomic E-state index is 14.1. The Bertz CT molecular complexity index is 626. The van der Waals surface area contributed by atoms with Crippen LogP contribution in [0, 0.1) is 11.6 Å². The van der Waals surface area contributed by atoms with E-state index in [2.05, 4.69) is 5.16 Å². The van der Waals surface area contributed by atoms with Gasteiger partial charge < -0.3 is 23.8 Å². The second-order valence-electron chi connectivity index (χ2n) is 5.22. The summed E-state index contributed by atoms with van der Waals surface area (Å²) in [5.41, 5.74) is 0.226. The van der Waals surface area contributed by atoms with Crippen molar-refractivity contribution in [3.63, 3.8) is 0 Å². The number of fused-ring (bicyclic) bond motifs is 1. The topological polar surface area (TPSA) is 58.5 Å². The summed E-state index contributed by atoms with van der Waals surface area (Å²) in [6.45, 7) is 3.74. The Balaban J connectivity index is 1.97. The van der Waals surface area contributed by atoms with Crippen LogP contribution in [0.4, 0.5) is 8.78 Å². The summed E-state index contributed by atoms with van der Waals surface area (Å²) in [6, 6.07) is 3.18. The van der Waals surface area contributed by atoms with Crippen LogP contribution in [-0.4, -0.2) is 43.9 Å². The summed E-state index contributed by atoms with van der Waals surface area (Å²) >= 11 is 0. The lowest BCUT2D eigenvalue weighted by molar-refractivity contribution is -0.326. The minimum absolute atomic E-state index is 0.0697. The predicted molar refractivity (Wildman–Crippen MR) is 74.6 cm³/mol. The zero-order valence-electron chi connectivity index (χ0n) is 12.9. The molecule has 126 valence electrons. The summed E-state index contributed by atoms with van der Waals surface area (Å²) in [6.07, 6.45) is -2.28. The van der Waals surface area contributed by atoms with Gasteiger partial charge in [0.1, 0.15) is 23.5 Å². The van der Waals surface area contributed by atoms with E-state index >= 15 is 0 Å². The average molecular weight is 329 g/mol. The minimum atomic E-state index is -1.34. The number of rotatable bonds is 4. The Hall–Kier alpha value is -1.61. The molecule has 2 heterocycles. The van der Waals surface area contributed by atoms with E-state index in [-0.39, 0.29) is 11.3 Å². The Kier molecular flexibility index (Phi) is 4.33. The lowest BCUT2D eigenvalue weighted by Crippen LogP contribution is -2.46. The molecule has 1 saturated heterocycles. The van der Waals surface area contributed by atoms with E-state index in [1.165, 1.54) is 13.2 Å². The number of benzene rings is 1. The van der Waals surface area contributed by atoms with E-state index in [1.807, 2.05) is 0 Å². The first-order chi connectivity index (χ1) is 11.0. The summed E-state index contributed by atoms with van der Waals surface area (Å²) < 4.78 is 49.2. The second-order valence-corrected chi connectivity index (χ2v) is 5.22. The Labute approximate surface area is 131 Å². The summed E-state index contributed by atoms with van der Waals surface area (Å²) in [5.74, 6) is -2.79. The second kappa shape index (κ2) is 6.12. The van der Waals surface area contributed by atoms with Crippen LogP contribution in [0.3, 0.4) is 0 Å². The van der Waals surface area contributed by atoms with Gasteiger partial charge in [-0.2, -0.15) is 0 Å². The molecule has 0 radical (unpaired) electrons. The fourth-order valence-corrected chi connectivity index (χ4v) is 2.55. The molecule has 1 aromatic carbocycles. The number of oxime groups is 1. The lowest BCUT2D eigenvalue weighted by atomic mass is 9.99. The maximum atomic E-state index is 14.1. The van der Waals surface area contributed by atoms with Crippen molar-refractivity contribution in [3.05, 3.63) is 35.4 Å². The van der Waals surface area contributed by atoms with Gasteiger partial charge in [-0.25, -0.2) is 8.78 Å². The quantitative estimate of drug-likeness (QED) is 0.847. The molecule has 0 bridgehead atoms. The normalized spacial score (nSPS) is 33.1. The molecule has 2 aliphatic rings. The Morgan fingerprint density at radius 1 is 1.30 bits per heavy atom. The van der Waals surface area contributed by atoms with Crippen LogP contribution < -0.4 is 0 Å². The predicted octanol–water partition coefficient (Wildman–Crippen LogP) is 2.17. The van der Waals surface area contributed by atoms with Gasteiger partial charge in [0.2, 0.25) is 0 Å². The van der Waals surface area contributed by atoms with Crippen molar-refractivity contribution in [2.75, 3.05) is 13.7 Å². The van der Waals surface area contributed by atoms with E-state index in [9.17, 15) is 8.78 Å². The van der Waals surface area contributed by atoms with Gasteiger partial charge in [0.25, 0.3) is 12.3 Å². The summed E-state index contributed by atoms with van der Waals surface area (Å²) in [5, 5.41) is 3.90. The standard InChI is InChI=1S/C15H17F2NO5/c1-4-20-14-13-12(21-15(2,19-3)22-13)11(18-23-14)9-6-5-8(16)7-10(9)17/h5-7,12-14H,4H2,1-3H3/t12-,13-,14-,15?/m1/s1. The molecular weight excluding hydrogens is 312 g/mol. The van der Waals surface area contributed by atoms with Crippen LogP contribution in [0.5, 0.6) is 0 Å². The number of methoxy groups -OCH3 is 1. The van der Waals surface area contributed by atoms with Gasteiger partial charge in [-0.3, -0.25) is 0 Å². The van der Waals surface area contributed by atoms with Crippen LogP contribution in [0.2, 0.25) is 0 Å². The number of ether oxygens (including phenoxy) is 4. The maximum Gasteiger partial charge on any atom is 0.280 e. The number of halogens is 2. The van der Waals surface area contributed by atoms with Crippen LogP contribution in [0.25, 0.3) is 0 Å². The van der Waals surface area contributed by atoms with Crippen molar-refractivity contribution in [3.8, 4) is 0 Å². The number of hydrogen-bond donors (Lipinski definition) is 0. The molecule has 0 aromatic heterocycles. The highest BCUT2D eigenvalue weighted by atomic mass is 19.1. The fraction of sp³-hybridized carbons (Fsp3) is 0.533. The first-order valence-electron chi connectivity index (χ1n) is 7.19. The van der Waals surface area contributed by atoms with E-state index in [0.29, 0.717) is 6.61 Å². The first-order valence-corrected chi connectivity index (χ1v) is 7.19. The van der Waals surface area contributed by atoms with Gasteiger partial charge in [-0.05, 0) is 19.1 Å². The molecule has 0 aliphatic carbocycles. The van der Waals surface area contributed by atoms with Gasteiger partial charge in [0, 0.05) is 32.3 Å². The van der Waals surface area contributed by atoms with Crippen LogP contribution in [-0.2, 0) is 23.8 Å². The van der Waals surface area contributed by atoms with Crippen molar-refractivity contribution >= 4 is 5.71 Å². The van der Waals surface area contributed by atoms with E-state index in [4.69, 9.17) is 23.8 Å². The summed E-state index contributed by atoms with van der Waals surface area (Å²) in [7, 11) is 1.42. The number of hydrogen-bond acceptors (Lipinski definition) is 6. The molecule has 1 unspecified atom stereocenters. The van der Waals surface area contributed by atoms with Gasteiger partial charge in [0.15, 0.2) is 6.10 Å². The molecule has 8 heteroatoms. The first kappa shape index (κ1) is 16.3. The number of nitrogens with zero attached hydrogens (tertiary/aromatic N) is 1. The third-order valence-corrected chi connectivity index (χ3v) is 3.69. The molecular formula is C15H17F2NO5. The molecule has 23 heavy (non-hydrogen) atoms. The van der Waals surface area contributed by atoms with Crippen LogP contribution in [0.1, 0.15) is 19.4 Å². The zero-order valence-corrected chi connectivity index (χ0v) is 12.9. The van der Waals surface area contributed by atoms with Crippen LogP contribution >= 0.6 is 0 Å². The van der Waals surface area contributed by atoms with Crippen molar-refractivity contribution in [2.45, 2.75) is 38.3 Å². The van der Waals surface area contributed by atoms with Crippen molar-refractivity contribution in [2.24, 2.45) is 5.16 Å². The van der Waals surface area contributed by atoms with E-state index in [1.54, 1.807) is 13.8 Å². The molecule has 0 saturated carbocycles. The minimum Gasteiger partial charge on any atom is -0.360 e. The Morgan fingerprint density at radius 2 is 2.09 bits per heavy atom. The molecule has 1 aromatic rings. The van der Waals surface area contributed by atoms with Gasteiger partial charge in [-0.1, -0.05) is 5.16 Å². The van der Waals surface area contributed by atoms with Crippen molar-refractivity contribution < 1.29 is 32.6 Å². The molecule has 0 amide bonds. The Morgan fingerprint density at radius 3 is 2.74 bits per heavy atom. The summed E-state index contributed by atoms with van der Waals surface area (Å²) in [4.78, 5) is 5.27. The SMILES string of the molecule is CCO[C@@H]1ON=C(c2ccc(F)cc2F)[C@H]2OC(C)(OC)O[C@@H]12. The third-order valence-electron chi connectivity index (χ3n) is 3.69. The van der Waals surface area contributed by atoms with Crippen LogP contribution in [0.15, 0.2) is 23.4 Å².